The van der Waals surface area contributed by atoms with Crippen LogP contribution in [0.4, 0.5) is 10.8 Å². The van der Waals surface area contributed by atoms with Crippen LogP contribution in [0.2, 0.25) is 5.02 Å². The Kier molecular flexibility index (Phi) is 5.29. The third kappa shape index (κ3) is 4.17. The predicted octanol–water partition coefficient (Wildman–Crippen LogP) is 4.88. The summed E-state index contributed by atoms with van der Waals surface area (Å²) in [4.78, 5) is 27.1. The Morgan fingerprint density at radius 2 is 1.96 bits per heavy atom. The van der Waals surface area contributed by atoms with Gasteiger partial charge < -0.3 is 4.74 Å². The van der Waals surface area contributed by atoms with Crippen molar-refractivity contribution in [3.8, 4) is 5.75 Å². The van der Waals surface area contributed by atoms with E-state index in [2.05, 4.69) is 10.3 Å². The molecule has 0 aliphatic rings. The fraction of sp³-hybridized carbons (Fsp3) is 0.222. The van der Waals surface area contributed by atoms with E-state index in [-0.39, 0.29) is 11.6 Å². The number of nitrogens with zero attached hydrogens (tertiary/aromatic N) is 2. The fourth-order valence-corrected chi connectivity index (χ4v) is 3.53. The molecule has 3 aromatic rings. The first kappa shape index (κ1) is 19.1. The molecule has 1 heterocycles. The molecule has 0 saturated heterocycles. The third-order valence-electron chi connectivity index (χ3n) is 3.91. The van der Waals surface area contributed by atoms with Gasteiger partial charge in [0.1, 0.15) is 5.75 Å². The summed E-state index contributed by atoms with van der Waals surface area (Å²) in [7, 11) is 0. The summed E-state index contributed by atoms with van der Waals surface area (Å²) < 4.78 is 6.33. The average molecular weight is 406 g/mol. The van der Waals surface area contributed by atoms with Gasteiger partial charge in [-0.05, 0) is 50.1 Å². The van der Waals surface area contributed by atoms with Crippen LogP contribution in [0.1, 0.15) is 18.1 Å². The van der Waals surface area contributed by atoms with E-state index >= 15 is 0 Å². The zero-order chi connectivity index (χ0) is 19.7. The Bertz CT molecular complexity index is 1030. The van der Waals surface area contributed by atoms with Gasteiger partial charge in [0.05, 0.1) is 15.1 Å². The second-order valence-corrected chi connectivity index (χ2v) is 7.46. The first-order chi connectivity index (χ1) is 12.7. The highest BCUT2D eigenvalue weighted by Gasteiger charge is 2.18. The Hall–Kier alpha value is -2.71. The molecule has 7 nitrogen and oxygen atoms in total. The number of aromatic nitrogens is 1. The van der Waals surface area contributed by atoms with Crippen LogP contribution in [0.25, 0.3) is 10.2 Å². The van der Waals surface area contributed by atoms with Gasteiger partial charge in [0, 0.05) is 17.2 Å². The molecule has 3 rings (SSSR count). The molecule has 0 aliphatic heterocycles. The SMILES string of the molecule is Cc1cc(O[C@@H](C)C(=O)Nc2nc3ccc([N+](=O)[O-])cc3s2)cc(C)c1Cl. The minimum atomic E-state index is -0.758. The number of hydrogen-bond donors (Lipinski definition) is 1. The van der Waals surface area contributed by atoms with Crippen molar-refractivity contribution >= 4 is 49.9 Å². The maximum absolute atomic E-state index is 12.4. The maximum atomic E-state index is 12.4. The summed E-state index contributed by atoms with van der Waals surface area (Å²) in [6.45, 7) is 5.37. The lowest BCUT2D eigenvalue weighted by Crippen LogP contribution is -2.30. The van der Waals surface area contributed by atoms with E-state index in [1.165, 1.54) is 23.5 Å². The molecule has 1 N–H and O–H groups in total. The van der Waals surface area contributed by atoms with Gasteiger partial charge in [-0.2, -0.15) is 0 Å². The summed E-state index contributed by atoms with van der Waals surface area (Å²) in [6.07, 6.45) is -0.758. The lowest BCUT2D eigenvalue weighted by atomic mass is 10.1. The summed E-state index contributed by atoms with van der Waals surface area (Å²) >= 11 is 7.31. The highest BCUT2D eigenvalue weighted by Crippen LogP contribution is 2.30. The van der Waals surface area contributed by atoms with E-state index in [4.69, 9.17) is 16.3 Å². The monoisotopic (exact) mass is 405 g/mol. The topological polar surface area (TPSA) is 94.4 Å². The van der Waals surface area contributed by atoms with Gasteiger partial charge in [-0.15, -0.1) is 0 Å². The van der Waals surface area contributed by atoms with Crippen molar-refractivity contribution in [2.75, 3.05) is 5.32 Å². The number of nitro benzene ring substituents is 1. The van der Waals surface area contributed by atoms with Gasteiger partial charge in [-0.25, -0.2) is 4.98 Å². The molecule has 140 valence electrons. The molecule has 0 aliphatic carbocycles. The Morgan fingerprint density at radius 1 is 1.30 bits per heavy atom. The zero-order valence-corrected chi connectivity index (χ0v) is 16.4. The number of nitro groups is 1. The normalized spacial score (nSPS) is 12.0. The highest BCUT2D eigenvalue weighted by atomic mass is 35.5. The standard InChI is InChI=1S/C18H16ClN3O4S/c1-9-6-13(7-10(2)16(9)19)26-11(3)17(23)21-18-20-14-5-4-12(22(24)25)8-15(14)27-18/h4-8,11H,1-3H3,(H,20,21,23)/t11-/m0/s1. The van der Waals surface area contributed by atoms with Crippen LogP contribution in [-0.4, -0.2) is 21.9 Å². The number of fused-ring (bicyclic) bond motifs is 1. The van der Waals surface area contributed by atoms with Gasteiger partial charge in [-0.3, -0.25) is 20.2 Å². The van der Waals surface area contributed by atoms with Crippen molar-refractivity contribution in [2.24, 2.45) is 0 Å². The Labute approximate surface area is 164 Å². The predicted molar refractivity (Wildman–Crippen MR) is 106 cm³/mol. The number of amides is 1. The quantitative estimate of drug-likeness (QED) is 0.482. The van der Waals surface area contributed by atoms with Gasteiger partial charge >= 0.3 is 0 Å². The zero-order valence-electron chi connectivity index (χ0n) is 14.8. The van der Waals surface area contributed by atoms with Crippen molar-refractivity contribution in [3.63, 3.8) is 0 Å². The number of rotatable bonds is 5. The van der Waals surface area contributed by atoms with E-state index in [1.54, 1.807) is 25.1 Å². The number of anilines is 1. The lowest BCUT2D eigenvalue weighted by Gasteiger charge is -2.15. The first-order valence-electron chi connectivity index (χ1n) is 8.04. The number of halogens is 1. The minimum Gasteiger partial charge on any atom is -0.481 e. The van der Waals surface area contributed by atoms with Crippen LogP contribution >= 0.6 is 22.9 Å². The van der Waals surface area contributed by atoms with Gasteiger partial charge in [0.25, 0.3) is 11.6 Å². The summed E-state index contributed by atoms with van der Waals surface area (Å²) in [5.41, 5.74) is 2.30. The van der Waals surface area contributed by atoms with Crippen LogP contribution in [0.15, 0.2) is 30.3 Å². The molecule has 0 spiro atoms. The van der Waals surface area contributed by atoms with Crippen LogP contribution < -0.4 is 10.1 Å². The molecule has 0 unspecified atom stereocenters. The number of aryl methyl sites for hydroxylation is 2. The number of ether oxygens (including phenoxy) is 1. The second kappa shape index (κ2) is 7.50. The number of carbonyl (C=O) groups excluding carboxylic acids is 1. The van der Waals surface area contributed by atoms with Crippen molar-refractivity contribution in [1.29, 1.82) is 0 Å². The molecular formula is C18H16ClN3O4S. The molecule has 1 atom stereocenters. The molecular weight excluding hydrogens is 390 g/mol. The first-order valence-corrected chi connectivity index (χ1v) is 9.23. The smallest absolute Gasteiger partial charge is 0.270 e. The highest BCUT2D eigenvalue weighted by molar-refractivity contribution is 7.22. The molecule has 27 heavy (non-hydrogen) atoms. The lowest BCUT2D eigenvalue weighted by molar-refractivity contribution is -0.384. The fourth-order valence-electron chi connectivity index (χ4n) is 2.52. The van der Waals surface area contributed by atoms with Crippen LogP contribution in [0.3, 0.4) is 0 Å². The molecule has 0 radical (unpaired) electrons. The van der Waals surface area contributed by atoms with Crippen LogP contribution in [0.5, 0.6) is 5.75 Å². The maximum Gasteiger partial charge on any atom is 0.270 e. The van der Waals surface area contributed by atoms with Crippen molar-refractivity contribution in [3.05, 3.63) is 56.6 Å². The van der Waals surface area contributed by atoms with Crippen molar-refractivity contribution in [1.82, 2.24) is 4.98 Å². The number of nitrogens with one attached hydrogen (secondary N) is 1. The van der Waals surface area contributed by atoms with Crippen LogP contribution in [0, 0.1) is 24.0 Å². The van der Waals surface area contributed by atoms with Gasteiger partial charge in [-0.1, -0.05) is 22.9 Å². The Morgan fingerprint density at radius 3 is 2.59 bits per heavy atom. The van der Waals surface area contributed by atoms with Crippen molar-refractivity contribution in [2.45, 2.75) is 26.9 Å². The minimum absolute atomic E-state index is 0.0193. The second-order valence-electron chi connectivity index (χ2n) is 6.05. The number of thiazole rings is 1. The molecule has 9 heteroatoms. The average Bonchev–Trinajstić information content (AvgIpc) is 3.00. The largest absolute Gasteiger partial charge is 0.481 e. The van der Waals surface area contributed by atoms with E-state index in [0.717, 1.165) is 11.1 Å². The molecule has 0 bridgehead atoms. The molecule has 1 aromatic heterocycles. The van der Waals surface area contributed by atoms with E-state index in [0.29, 0.717) is 26.1 Å². The molecule has 0 fully saturated rings. The van der Waals surface area contributed by atoms with Crippen LogP contribution in [-0.2, 0) is 4.79 Å². The summed E-state index contributed by atoms with van der Waals surface area (Å²) in [6, 6.07) is 7.91. The van der Waals surface area contributed by atoms with E-state index < -0.39 is 11.0 Å². The number of benzene rings is 2. The summed E-state index contributed by atoms with van der Waals surface area (Å²) in [5, 5.41) is 14.6. The van der Waals surface area contributed by atoms with E-state index in [9.17, 15) is 14.9 Å². The van der Waals surface area contributed by atoms with Crippen molar-refractivity contribution < 1.29 is 14.5 Å². The Balaban J connectivity index is 1.72. The molecule has 0 saturated carbocycles. The van der Waals surface area contributed by atoms with Gasteiger partial charge in [0.15, 0.2) is 11.2 Å². The number of hydrogen-bond acceptors (Lipinski definition) is 6. The summed E-state index contributed by atoms with van der Waals surface area (Å²) in [5.74, 6) is 0.186. The van der Waals surface area contributed by atoms with E-state index in [1.807, 2.05) is 13.8 Å². The third-order valence-corrected chi connectivity index (χ3v) is 5.43. The number of carbonyl (C=O) groups is 1. The molecule has 1 amide bonds. The number of non-ortho nitro benzene ring substituents is 1. The molecule has 2 aromatic carbocycles. The van der Waals surface area contributed by atoms with Gasteiger partial charge in [0.2, 0.25) is 0 Å².